The van der Waals surface area contributed by atoms with E-state index in [1.807, 2.05) is 0 Å². The molecule has 7 nitrogen and oxygen atoms in total. The third kappa shape index (κ3) is 2.14. The number of nitrogens with zero attached hydrogens (tertiary/aromatic N) is 5. The van der Waals surface area contributed by atoms with Crippen LogP contribution in [0, 0.1) is 4.77 Å². The van der Waals surface area contributed by atoms with Crippen LogP contribution in [-0.2, 0) is 7.05 Å². The molecule has 0 aliphatic carbocycles. The zero-order valence-corrected chi connectivity index (χ0v) is 13.1. The van der Waals surface area contributed by atoms with E-state index < -0.39 is 6.43 Å². The Balaban J connectivity index is 1.92. The van der Waals surface area contributed by atoms with E-state index in [-0.39, 0.29) is 22.5 Å². The summed E-state index contributed by atoms with van der Waals surface area (Å²) in [5, 5.41) is 4.09. The van der Waals surface area contributed by atoms with Crippen molar-refractivity contribution in [3.05, 3.63) is 41.3 Å². The fourth-order valence-electron chi connectivity index (χ4n) is 2.52. The van der Waals surface area contributed by atoms with E-state index in [1.165, 1.54) is 27.7 Å². The molecule has 0 aromatic carbocycles. The molecule has 4 rings (SSSR count). The molecule has 10 heteroatoms. The molecule has 0 saturated heterocycles. The lowest BCUT2D eigenvalue weighted by atomic mass is 10.2. The zero-order chi connectivity index (χ0) is 16.8. The number of hydrogen-bond donors (Lipinski definition) is 1. The third-order valence-electron chi connectivity index (χ3n) is 3.65. The summed E-state index contributed by atoms with van der Waals surface area (Å²) < 4.78 is 36.3. The maximum absolute atomic E-state index is 13.7. The second kappa shape index (κ2) is 5.34. The van der Waals surface area contributed by atoms with Gasteiger partial charge in [-0.3, -0.25) is 4.98 Å². The minimum absolute atomic E-state index is 0.0548. The van der Waals surface area contributed by atoms with Crippen LogP contribution in [0.15, 0.2) is 31.0 Å². The number of H-pyrrole nitrogens is 1. The molecule has 0 fully saturated rings. The first-order chi connectivity index (χ1) is 11.6. The van der Waals surface area contributed by atoms with Gasteiger partial charge in [-0.1, -0.05) is 0 Å². The molecule has 0 atom stereocenters. The SMILES string of the molecule is Cn1c(=S)[nH]c2ncc(Oc3cnn4ccncc34)c(C(F)F)c21. The quantitative estimate of drug-likeness (QED) is 0.575. The third-order valence-corrected chi connectivity index (χ3v) is 4.02. The maximum atomic E-state index is 13.7. The molecule has 0 saturated carbocycles. The van der Waals surface area contributed by atoms with E-state index in [9.17, 15) is 8.78 Å². The molecule has 4 aromatic heterocycles. The number of rotatable bonds is 3. The standard InChI is InChI=1S/C14H10F2N6OS/c1-21-11-10(12(15)16)9(5-18-13(11)20-14(21)24)23-8-6-19-22-3-2-17-4-7(8)22/h2-6,12H,1H3,(H,18,20,24). The number of ether oxygens (including phenoxy) is 1. The lowest BCUT2D eigenvalue weighted by Gasteiger charge is -2.11. The van der Waals surface area contributed by atoms with Gasteiger partial charge in [0.2, 0.25) is 0 Å². The molecular formula is C14H10F2N6OS. The van der Waals surface area contributed by atoms with Crippen molar-refractivity contribution >= 4 is 28.9 Å². The summed E-state index contributed by atoms with van der Waals surface area (Å²) in [6, 6.07) is 0. The summed E-state index contributed by atoms with van der Waals surface area (Å²) in [5.41, 5.74) is 0.770. The van der Waals surface area contributed by atoms with Gasteiger partial charge in [0.1, 0.15) is 5.52 Å². The Morgan fingerprint density at radius 3 is 2.88 bits per heavy atom. The molecule has 1 N–H and O–H groups in total. The van der Waals surface area contributed by atoms with Crippen LogP contribution in [0.4, 0.5) is 8.78 Å². The number of halogens is 2. The van der Waals surface area contributed by atoms with Gasteiger partial charge in [0.05, 0.1) is 29.7 Å². The second-order valence-corrected chi connectivity index (χ2v) is 5.43. The zero-order valence-electron chi connectivity index (χ0n) is 12.3. The highest BCUT2D eigenvalue weighted by Crippen LogP contribution is 2.37. The summed E-state index contributed by atoms with van der Waals surface area (Å²) in [6.45, 7) is 0. The fraction of sp³-hybridized carbons (Fsp3) is 0.143. The Morgan fingerprint density at radius 2 is 2.08 bits per heavy atom. The highest BCUT2D eigenvalue weighted by Gasteiger charge is 2.23. The molecule has 4 heterocycles. The first-order valence-corrected chi connectivity index (χ1v) is 7.28. The molecule has 0 aliphatic rings. The van der Waals surface area contributed by atoms with Gasteiger partial charge >= 0.3 is 0 Å². The van der Waals surface area contributed by atoms with Crippen molar-refractivity contribution in [1.82, 2.24) is 29.1 Å². The van der Waals surface area contributed by atoms with Crippen LogP contribution in [-0.4, -0.2) is 29.1 Å². The number of fused-ring (bicyclic) bond motifs is 2. The summed E-state index contributed by atoms with van der Waals surface area (Å²) in [6.07, 6.45) is 4.65. The van der Waals surface area contributed by atoms with Crippen LogP contribution in [0.3, 0.4) is 0 Å². The number of alkyl halides is 2. The predicted molar refractivity (Wildman–Crippen MR) is 83.9 cm³/mol. The largest absolute Gasteiger partial charge is 0.451 e. The average Bonchev–Trinajstić information content (AvgIpc) is 3.10. The molecule has 0 bridgehead atoms. The van der Waals surface area contributed by atoms with Gasteiger partial charge in [0.25, 0.3) is 6.43 Å². The molecule has 0 unspecified atom stereocenters. The minimum atomic E-state index is -2.76. The molecular weight excluding hydrogens is 338 g/mol. The van der Waals surface area contributed by atoms with Crippen LogP contribution >= 0.6 is 12.2 Å². The van der Waals surface area contributed by atoms with Gasteiger partial charge in [-0.05, 0) is 12.2 Å². The smallest absolute Gasteiger partial charge is 0.269 e. The molecule has 24 heavy (non-hydrogen) atoms. The number of imidazole rings is 1. The van der Waals surface area contributed by atoms with E-state index in [2.05, 4.69) is 20.1 Å². The molecule has 4 aromatic rings. The van der Waals surface area contributed by atoms with Crippen LogP contribution in [0.1, 0.15) is 12.0 Å². The first kappa shape index (κ1) is 14.7. The summed E-state index contributed by atoms with van der Waals surface area (Å²) >= 11 is 5.08. The van der Waals surface area contributed by atoms with Crippen molar-refractivity contribution < 1.29 is 13.5 Å². The molecule has 0 amide bonds. The van der Waals surface area contributed by atoms with Gasteiger partial charge < -0.3 is 14.3 Å². The van der Waals surface area contributed by atoms with E-state index in [1.54, 1.807) is 19.4 Å². The predicted octanol–water partition coefficient (Wildman–Crippen LogP) is 3.40. The molecule has 0 radical (unpaired) electrons. The highest BCUT2D eigenvalue weighted by molar-refractivity contribution is 7.71. The molecule has 0 aliphatic heterocycles. The summed E-state index contributed by atoms with van der Waals surface area (Å²) in [4.78, 5) is 10.9. The van der Waals surface area contributed by atoms with E-state index in [0.29, 0.717) is 16.0 Å². The van der Waals surface area contributed by atoms with Crippen LogP contribution < -0.4 is 4.74 Å². The number of aryl methyl sites for hydroxylation is 1. The Morgan fingerprint density at radius 1 is 1.25 bits per heavy atom. The summed E-state index contributed by atoms with van der Waals surface area (Å²) in [7, 11) is 1.59. The Labute approximate surface area is 138 Å². The van der Waals surface area contributed by atoms with E-state index in [0.717, 1.165) is 0 Å². The Kier molecular flexibility index (Phi) is 3.27. The average molecular weight is 348 g/mol. The van der Waals surface area contributed by atoms with E-state index >= 15 is 0 Å². The van der Waals surface area contributed by atoms with E-state index in [4.69, 9.17) is 17.0 Å². The lowest BCUT2D eigenvalue weighted by Crippen LogP contribution is -1.99. The number of pyridine rings is 1. The Bertz CT molecular complexity index is 1120. The number of aromatic amines is 1. The number of nitrogens with one attached hydrogen (secondary N) is 1. The van der Waals surface area contributed by atoms with Crippen molar-refractivity contribution in [2.24, 2.45) is 7.05 Å². The highest BCUT2D eigenvalue weighted by atomic mass is 32.1. The van der Waals surface area contributed by atoms with Gasteiger partial charge in [0, 0.05) is 19.4 Å². The minimum Gasteiger partial charge on any atom is -0.451 e. The van der Waals surface area contributed by atoms with Crippen LogP contribution in [0.5, 0.6) is 11.5 Å². The van der Waals surface area contributed by atoms with Crippen molar-refractivity contribution in [2.75, 3.05) is 0 Å². The molecule has 0 spiro atoms. The van der Waals surface area contributed by atoms with Crippen molar-refractivity contribution in [3.8, 4) is 11.5 Å². The van der Waals surface area contributed by atoms with Crippen LogP contribution in [0.2, 0.25) is 0 Å². The number of aromatic nitrogens is 6. The van der Waals surface area contributed by atoms with Gasteiger partial charge in [-0.2, -0.15) is 5.10 Å². The summed E-state index contributed by atoms with van der Waals surface area (Å²) in [5.74, 6) is 0.254. The van der Waals surface area contributed by atoms with Crippen LogP contribution in [0.25, 0.3) is 16.7 Å². The first-order valence-electron chi connectivity index (χ1n) is 6.87. The normalized spacial score (nSPS) is 11.7. The second-order valence-electron chi connectivity index (χ2n) is 5.04. The van der Waals surface area contributed by atoms with Crippen molar-refractivity contribution in [2.45, 2.75) is 6.43 Å². The van der Waals surface area contributed by atoms with Gasteiger partial charge in [-0.25, -0.2) is 18.3 Å². The molecule has 122 valence electrons. The van der Waals surface area contributed by atoms with Gasteiger partial charge in [-0.15, -0.1) is 0 Å². The topological polar surface area (TPSA) is 73.0 Å². The van der Waals surface area contributed by atoms with Gasteiger partial charge in [0.15, 0.2) is 21.9 Å². The van der Waals surface area contributed by atoms with Crippen molar-refractivity contribution in [3.63, 3.8) is 0 Å². The Hall–Kier alpha value is -2.88. The maximum Gasteiger partial charge on any atom is 0.269 e. The monoisotopic (exact) mass is 348 g/mol. The number of hydrogen-bond acceptors (Lipinski definition) is 5. The lowest BCUT2D eigenvalue weighted by molar-refractivity contribution is 0.149. The van der Waals surface area contributed by atoms with Crippen molar-refractivity contribution in [1.29, 1.82) is 0 Å². The fourth-order valence-corrected chi connectivity index (χ4v) is 2.71.